The third kappa shape index (κ3) is 3.31. The van der Waals surface area contributed by atoms with Gasteiger partial charge in [-0.2, -0.15) is 0 Å². The smallest absolute Gasteiger partial charge is 0.208 e. The van der Waals surface area contributed by atoms with Crippen LogP contribution in [0.5, 0.6) is 34.5 Å². The lowest BCUT2D eigenvalue weighted by Gasteiger charge is -2.16. The van der Waals surface area contributed by atoms with Gasteiger partial charge in [-0.15, -0.1) is 0 Å². The van der Waals surface area contributed by atoms with Crippen LogP contribution in [0.1, 0.15) is 13.8 Å². The van der Waals surface area contributed by atoms with E-state index in [2.05, 4.69) is 0 Å². The minimum atomic E-state index is -0.395. The van der Waals surface area contributed by atoms with E-state index in [1.54, 1.807) is 26.0 Å². The van der Waals surface area contributed by atoms with Crippen molar-refractivity contribution in [1.82, 2.24) is 0 Å². The van der Waals surface area contributed by atoms with Crippen LogP contribution in [0.2, 0.25) is 0 Å². The van der Waals surface area contributed by atoms with E-state index in [1.165, 1.54) is 6.07 Å². The standard InChI is InChI=1S/C16H18O5/c1-3-19-12-10-13(21-11-8-6-5-7-9-11)16(20-4-2)15(18)14(12)17/h5-10,17-18H,3-4H2,1-2H3. The number of hydrogen-bond donors (Lipinski definition) is 2. The van der Waals surface area contributed by atoms with Crippen molar-refractivity contribution in [3.63, 3.8) is 0 Å². The molecule has 0 unspecified atom stereocenters. The summed E-state index contributed by atoms with van der Waals surface area (Å²) < 4.78 is 16.4. The Labute approximate surface area is 123 Å². The molecule has 0 radical (unpaired) electrons. The molecule has 112 valence electrons. The Morgan fingerprint density at radius 3 is 2.14 bits per heavy atom. The second-order valence-corrected chi connectivity index (χ2v) is 4.18. The minimum absolute atomic E-state index is 0.0855. The normalized spacial score (nSPS) is 10.2. The molecule has 0 aliphatic rings. The van der Waals surface area contributed by atoms with Crippen LogP contribution in [-0.2, 0) is 0 Å². The van der Waals surface area contributed by atoms with Crippen molar-refractivity contribution >= 4 is 0 Å². The predicted molar refractivity (Wildman–Crippen MR) is 78.6 cm³/mol. The lowest BCUT2D eigenvalue weighted by atomic mass is 10.2. The van der Waals surface area contributed by atoms with Gasteiger partial charge >= 0.3 is 0 Å². The summed E-state index contributed by atoms with van der Waals surface area (Å²) in [6.07, 6.45) is 0. The molecule has 0 saturated carbocycles. The second kappa shape index (κ2) is 6.74. The Kier molecular flexibility index (Phi) is 4.77. The Balaban J connectivity index is 2.45. The van der Waals surface area contributed by atoms with Crippen LogP contribution in [0.15, 0.2) is 36.4 Å². The van der Waals surface area contributed by atoms with E-state index in [-0.39, 0.29) is 23.0 Å². The van der Waals surface area contributed by atoms with Gasteiger partial charge in [-0.1, -0.05) is 18.2 Å². The average Bonchev–Trinajstić information content (AvgIpc) is 2.50. The van der Waals surface area contributed by atoms with Gasteiger partial charge in [0, 0.05) is 6.07 Å². The molecule has 0 aliphatic carbocycles. The fourth-order valence-electron chi connectivity index (χ4n) is 1.83. The molecule has 0 heterocycles. The van der Waals surface area contributed by atoms with Gasteiger partial charge in [0.1, 0.15) is 5.75 Å². The van der Waals surface area contributed by atoms with Gasteiger partial charge in [0.2, 0.25) is 17.2 Å². The van der Waals surface area contributed by atoms with Gasteiger partial charge in [0.05, 0.1) is 13.2 Å². The highest BCUT2D eigenvalue weighted by atomic mass is 16.5. The van der Waals surface area contributed by atoms with Crippen LogP contribution in [0.25, 0.3) is 0 Å². The van der Waals surface area contributed by atoms with Crippen molar-refractivity contribution in [2.45, 2.75) is 13.8 Å². The maximum absolute atomic E-state index is 10.1. The molecular weight excluding hydrogens is 272 g/mol. The largest absolute Gasteiger partial charge is 0.502 e. The predicted octanol–water partition coefficient (Wildman–Crippen LogP) is 3.69. The van der Waals surface area contributed by atoms with Crippen LogP contribution in [0, 0.1) is 0 Å². The lowest BCUT2D eigenvalue weighted by molar-refractivity contribution is 0.277. The molecule has 2 aromatic carbocycles. The number of para-hydroxylation sites is 1. The van der Waals surface area contributed by atoms with E-state index >= 15 is 0 Å². The van der Waals surface area contributed by atoms with E-state index in [0.29, 0.717) is 19.0 Å². The quantitative estimate of drug-likeness (QED) is 0.794. The summed E-state index contributed by atoms with van der Waals surface area (Å²) in [6, 6.07) is 10.6. The van der Waals surface area contributed by atoms with E-state index in [4.69, 9.17) is 14.2 Å². The average molecular weight is 290 g/mol. The van der Waals surface area contributed by atoms with Crippen LogP contribution in [-0.4, -0.2) is 23.4 Å². The molecule has 5 heteroatoms. The number of hydrogen-bond acceptors (Lipinski definition) is 5. The van der Waals surface area contributed by atoms with E-state index < -0.39 is 5.75 Å². The van der Waals surface area contributed by atoms with Crippen LogP contribution >= 0.6 is 0 Å². The molecule has 0 fully saturated rings. The molecule has 5 nitrogen and oxygen atoms in total. The second-order valence-electron chi connectivity index (χ2n) is 4.18. The SMILES string of the molecule is CCOc1cc(Oc2ccccc2)c(OCC)c(O)c1O. The number of aromatic hydroxyl groups is 2. The van der Waals surface area contributed by atoms with E-state index in [1.807, 2.05) is 18.2 Å². The van der Waals surface area contributed by atoms with Crippen molar-refractivity contribution in [2.75, 3.05) is 13.2 Å². The molecule has 21 heavy (non-hydrogen) atoms. The number of ether oxygens (including phenoxy) is 3. The molecule has 0 aliphatic heterocycles. The first-order chi connectivity index (χ1) is 10.2. The summed E-state index contributed by atoms with van der Waals surface area (Å²) in [6.45, 7) is 4.24. The molecule has 0 spiro atoms. The highest BCUT2D eigenvalue weighted by Crippen LogP contribution is 2.50. The number of phenolic OH excluding ortho intramolecular Hbond substituents is 2. The van der Waals surface area contributed by atoms with Crippen molar-refractivity contribution in [2.24, 2.45) is 0 Å². The van der Waals surface area contributed by atoms with E-state index in [9.17, 15) is 10.2 Å². The topological polar surface area (TPSA) is 68.2 Å². The molecule has 0 bridgehead atoms. The van der Waals surface area contributed by atoms with Crippen molar-refractivity contribution in [1.29, 1.82) is 0 Å². The van der Waals surface area contributed by atoms with Crippen molar-refractivity contribution < 1.29 is 24.4 Å². The maximum Gasteiger partial charge on any atom is 0.208 e. The van der Waals surface area contributed by atoms with Gasteiger partial charge in [0.25, 0.3) is 0 Å². The fraction of sp³-hybridized carbons (Fsp3) is 0.250. The van der Waals surface area contributed by atoms with Gasteiger partial charge in [0.15, 0.2) is 11.5 Å². The molecular formula is C16H18O5. The zero-order valence-electron chi connectivity index (χ0n) is 12.0. The van der Waals surface area contributed by atoms with Gasteiger partial charge in [-0.05, 0) is 26.0 Å². The summed E-state index contributed by atoms with van der Waals surface area (Å²) in [4.78, 5) is 0. The summed E-state index contributed by atoms with van der Waals surface area (Å²) in [5, 5.41) is 20.0. The Morgan fingerprint density at radius 1 is 0.857 bits per heavy atom. The maximum atomic E-state index is 10.1. The van der Waals surface area contributed by atoms with E-state index in [0.717, 1.165) is 0 Å². The number of rotatable bonds is 6. The van der Waals surface area contributed by atoms with Gasteiger partial charge < -0.3 is 24.4 Å². The van der Waals surface area contributed by atoms with Gasteiger partial charge in [-0.25, -0.2) is 0 Å². The highest BCUT2D eigenvalue weighted by molar-refractivity contribution is 5.64. The van der Waals surface area contributed by atoms with Gasteiger partial charge in [-0.3, -0.25) is 0 Å². The summed E-state index contributed by atoms with van der Waals surface area (Å²) >= 11 is 0. The Bertz CT molecular complexity index is 595. The molecule has 0 saturated heterocycles. The molecule has 2 N–H and O–H groups in total. The molecule has 2 aromatic rings. The molecule has 2 rings (SSSR count). The first-order valence-corrected chi connectivity index (χ1v) is 6.74. The summed E-state index contributed by atoms with van der Waals surface area (Å²) in [7, 11) is 0. The number of benzene rings is 2. The minimum Gasteiger partial charge on any atom is -0.502 e. The molecule has 0 atom stereocenters. The fourth-order valence-corrected chi connectivity index (χ4v) is 1.83. The third-order valence-corrected chi connectivity index (χ3v) is 2.72. The third-order valence-electron chi connectivity index (χ3n) is 2.72. The first kappa shape index (κ1) is 14.8. The van der Waals surface area contributed by atoms with Crippen molar-refractivity contribution in [3.05, 3.63) is 36.4 Å². The lowest BCUT2D eigenvalue weighted by Crippen LogP contribution is -1.98. The molecule has 0 aromatic heterocycles. The zero-order chi connectivity index (χ0) is 15.2. The highest BCUT2D eigenvalue weighted by Gasteiger charge is 2.21. The first-order valence-electron chi connectivity index (χ1n) is 6.74. The Hall–Kier alpha value is -2.56. The summed E-state index contributed by atoms with van der Waals surface area (Å²) in [5.74, 6) is 0.342. The zero-order valence-corrected chi connectivity index (χ0v) is 12.0. The summed E-state index contributed by atoms with van der Waals surface area (Å²) in [5.41, 5.74) is 0. The van der Waals surface area contributed by atoms with Crippen molar-refractivity contribution in [3.8, 4) is 34.5 Å². The Morgan fingerprint density at radius 2 is 1.52 bits per heavy atom. The number of phenols is 2. The van der Waals surface area contributed by atoms with Crippen LogP contribution < -0.4 is 14.2 Å². The monoisotopic (exact) mass is 290 g/mol. The van der Waals surface area contributed by atoms with Crippen LogP contribution in [0.4, 0.5) is 0 Å². The van der Waals surface area contributed by atoms with Crippen LogP contribution in [0.3, 0.4) is 0 Å². The molecule has 0 amide bonds.